The SMILES string of the molecule is C/C=C\c1cc(-c2cc(-c3cccc(-c4cccc(C)n4)c3)cc(-c3nc(-c4ccccc4)cc(-c4ccccc4)n3)c2)ccc1C. The average molecular weight is 606 g/mol. The molecule has 0 aliphatic carbocycles. The van der Waals surface area contributed by atoms with Crippen LogP contribution in [0.4, 0.5) is 0 Å². The van der Waals surface area contributed by atoms with Gasteiger partial charge in [-0.25, -0.2) is 9.97 Å². The summed E-state index contributed by atoms with van der Waals surface area (Å²) in [4.78, 5) is 15.1. The molecule has 0 fully saturated rings. The average Bonchev–Trinajstić information content (AvgIpc) is 3.13. The van der Waals surface area contributed by atoms with Crippen molar-refractivity contribution >= 4 is 6.08 Å². The van der Waals surface area contributed by atoms with Crippen LogP contribution in [-0.2, 0) is 0 Å². The standard InChI is InChI=1S/C44H35N3/c1-4-13-34-24-36(23-22-30(34)2)39-26-38(35-19-12-20-37(25-35)41-21-11-14-31(3)45-41)27-40(28-39)44-46-42(32-15-7-5-8-16-32)29-43(47-44)33-17-9-6-10-18-33/h4-29H,1-3H3/b13-4-. The predicted molar refractivity (Wildman–Crippen MR) is 197 cm³/mol. The molecule has 0 radical (unpaired) electrons. The van der Waals surface area contributed by atoms with E-state index in [0.29, 0.717) is 5.82 Å². The molecule has 3 nitrogen and oxygen atoms in total. The fourth-order valence-corrected chi connectivity index (χ4v) is 5.92. The van der Waals surface area contributed by atoms with Crippen molar-refractivity contribution in [3.63, 3.8) is 0 Å². The Hall–Kier alpha value is -5.93. The van der Waals surface area contributed by atoms with Crippen molar-refractivity contribution in [2.24, 2.45) is 0 Å². The van der Waals surface area contributed by atoms with E-state index in [1.807, 2.05) is 49.4 Å². The van der Waals surface area contributed by atoms with Gasteiger partial charge in [0.1, 0.15) is 0 Å². The van der Waals surface area contributed by atoms with Gasteiger partial charge in [-0.2, -0.15) is 0 Å². The van der Waals surface area contributed by atoms with E-state index in [9.17, 15) is 0 Å². The van der Waals surface area contributed by atoms with Crippen molar-refractivity contribution in [3.05, 3.63) is 168 Å². The van der Waals surface area contributed by atoms with Crippen LogP contribution < -0.4 is 0 Å². The number of hydrogen-bond donors (Lipinski definition) is 0. The molecule has 0 saturated carbocycles. The van der Waals surface area contributed by atoms with Gasteiger partial charge in [-0.3, -0.25) is 4.98 Å². The lowest BCUT2D eigenvalue weighted by Gasteiger charge is -2.14. The minimum atomic E-state index is 0.686. The topological polar surface area (TPSA) is 38.7 Å². The van der Waals surface area contributed by atoms with Crippen LogP contribution in [0.5, 0.6) is 0 Å². The Morgan fingerprint density at radius 3 is 1.60 bits per heavy atom. The zero-order valence-electron chi connectivity index (χ0n) is 26.9. The second-order valence-corrected chi connectivity index (χ2v) is 11.8. The molecule has 7 rings (SSSR count). The highest BCUT2D eigenvalue weighted by Gasteiger charge is 2.15. The van der Waals surface area contributed by atoms with Gasteiger partial charge < -0.3 is 0 Å². The van der Waals surface area contributed by atoms with E-state index in [1.165, 1.54) is 11.1 Å². The molecule has 0 aliphatic heterocycles. The number of aromatic nitrogens is 3. The van der Waals surface area contributed by atoms with Gasteiger partial charge in [0.25, 0.3) is 0 Å². The Kier molecular flexibility index (Phi) is 8.36. The van der Waals surface area contributed by atoms with Gasteiger partial charge in [0, 0.05) is 27.9 Å². The molecule has 47 heavy (non-hydrogen) atoms. The third-order valence-electron chi connectivity index (χ3n) is 8.40. The smallest absolute Gasteiger partial charge is 0.160 e. The van der Waals surface area contributed by atoms with Gasteiger partial charge in [0.15, 0.2) is 5.82 Å². The Labute approximate surface area is 277 Å². The second kappa shape index (κ2) is 13.2. The number of aryl methyl sites for hydroxylation is 2. The maximum Gasteiger partial charge on any atom is 0.160 e. The van der Waals surface area contributed by atoms with Crippen LogP contribution in [0.3, 0.4) is 0 Å². The summed E-state index contributed by atoms with van der Waals surface area (Å²) in [5.41, 5.74) is 14.8. The fourth-order valence-electron chi connectivity index (χ4n) is 5.92. The lowest BCUT2D eigenvalue weighted by Crippen LogP contribution is -1.97. The summed E-state index contributed by atoms with van der Waals surface area (Å²) in [5.74, 6) is 0.686. The third-order valence-corrected chi connectivity index (χ3v) is 8.40. The largest absolute Gasteiger partial charge is 0.253 e. The number of rotatable bonds is 7. The molecule has 0 bridgehead atoms. The third kappa shape index (κ3) is 6.56. The molecule has 0 atom stereocenters. The van der Waals surface area contributed by atoms with Crippen LogP contribution in [0, 0.1) is 13.8 Å². The minimum Gasteiger partial charge on any atom is -0.253 e. The van der Waals surface area contributed by atoms with E-state index < -0.39 is 0 Å². The van der Waals surface area contributed by atoms with Crippen LogP contribution >= 0.6 is 0 Å². The Bertz CT molecular complexity index is 2160. The fraction of sp³-hybridized carbons (Fsp3) is 0.0682. The van der Waals surface area contributed by atoms with Crippen LogP contribution in [0.2, 0.25) is 0 Å². The molecular formula is C44H35N3. The quantitative estimate of drug-likeness (QED) is 0.181. The van der Waals surface area contributed by atoms with E-state index in [0.717, 1.165) is 67.3 Å². The van der Waals surface area contributed by atoms with Gasteiger partial charge >= 0.3 is 0 Å². The van der Waals surface area contributed by atoms with Crippen molar-refractivity contribution < 1.29 is 0 Å². The highest BCUT2D eigenvalue weighted by atomic mass is 14.9. The molecule has 0 saturated heterocycles. The molecule has 226 valence electrons. The Morgan fingerprint density at radius 2 is 0.957 bits per heavy atom. The molecule has 0 aliphatic rings. The number of benzene rings is 5. The molecule has 2 heterocycles. The molecule has 5 aromatic carbocycles. The van der Waals surface area contributed by atoms with E-state index in [2.05, 4.69) is 129 Å². The highest BCUT2D eigenvalue weighted by molar-refractivity contribution is 5.83. The van der Waals surface area contributed by atoms with Crippen molar-refractivity contribution in [1.29, 1.82) is 0 Å². The van der Waals surface area contributed by atoms with E-state index >= 15 is 0 Å². The first-order valence-electron chi connectivity index (χ1n) is 16.0. The lowest BCUT2D eigenvalue weighted by atomic mass is 9.93. The summed E-state index contributed by atoms with van der Waals surface area (Å²) >= 11 is 0. The molecule has 3 heteroatoms. The molecule has 0 amide bonds. The van der Waals surface area contributed by atoms with Crippen molar-refractivity contribution in [1.82, 2.24) is 15.0 Å². The number of hydrogen-bond acceptors (Lipinski definition) is 3. The first-order valence-corrected chi connectivity index (χ1v) is 16.0. The van der Waals surface area contributed by atoms with Crippen LogP contribution in [0.1, 0.15) is 23.7 Å². The van der Waals surface area contributed by atoms with Crippen molar-refractivity contribution in [2.75, 3.05) is 0 Å². The lowest BCUT2D eigenvalue weighted by molar-refractivity contribution is 1.18. The summed E-state index contributed by atoms with van der Waals surface area (Å²) in [6.07, 6.45) is 4.26. The first kappa shape index (κ1) is 29.8. The summed E-state index contributed by atoms with van der Waals surface area (Å²) in [6, 6.07) is 50.9. The van der Waals surface area contributed by atoms with Gasteiger partial charge in [-0.15, -0.1) is 0 Å². The maximum absolute atomic E-state index is 5.17. The van der Waals surface area contributed by atoms with Crippen LogP contribution in [0.15, 0.2) is 152 Å². The van der Waals surface area contributed by atoms with Gasteiger partial charge in [-0.1, -0.05) is 109 Å². The summed E-state index contributed by atoms with van der Waals surface area (Å²) in [5, 5.41) is 0. The molecule has 0 N–H and O–H groups in total. The Morgan fingerprint density at radius 1 is 0.404 bits per heavy atom. The maximum atomic E-state index is 5.17. The van der Waals surface area contributed by atoms with Gasteiger partial charge in [0.2, 0.25) is 0 Å². The highest BCUT2D eigenvalue weighted by Crippen LogP contribution is 2.36. The number of nitrogens with zero attached hydrogens (tertiary/aromatic N) is 3. The molecular weight excluding hydrogens is 571 g/mol. The first-order chi connectivity index (χ1) is 23.0. The van der Waals surface area contributed by atoms with Gasteiger partial charge in [0.05, 0.1) is 17.1 Å². The van der Waals surface area contributed by atoms with E-state index in [-0.39, 0.29) is 0 Å². The summed E-state index contributed by atoms with van der Waals surface area (Å²) in [6.45, 7) is 6.24. The zero-order valence-corrected chi connectivity index (χ0v) is 26.9. The summed E-state index contributed by atoms with van der Waals surface area (Å²) < 4.78 is 0. The predicted octanol–water partition coefficient (Wildman–Crippen LogP) is 11.5. The van der Waals surface area contributed by atoms with E-state index in [1.54, 1.807) is 0 Å². The zero-order chi connectivity index (χ0) is 32.2. The van der Waals surface area contributed by atoms with Crippen LogP contribution in [0.25, 0.3) is 73.5 Å². The Balaban J connectivity index is 1.45. The normalized spacial score (nSPS) is 11.2. The number of allylic oxidation sites excluding steroid dienone is 1. The monoisotopic (exact) mass is 605 g/mol. The van der Waals surface area contributed by atoms with E-state index in [4.69, 9.17) is 15.0 Å². The number of pyridine rings is 1. The molecule has 0 unspecified atom stereocenters. The van der Waals surface area contributed by atoms with Crippen molar-refractivity contribution in [2.45, 2.75) is 20.8 Å². The van der Waals surface area contributed by atoms with Crippen molar-refractivity contribution in [3.8, 4) is 67.4 Å². The second-order valence-electron chi connectivity index (χ2n) is 11.8. The summed E-state index contributed by atoms with van der Waals surface area (Å²) in [7, 11) is 0. The molecule has 7 aromatic rings. The molecule has 0 spiro atoms. The molecule has 2 aromatic heterocycles. The minimum absolute atomic E-state index is 0.686. The van der Waals surface area contributed by atoms with Gasteiger partial charge in [-0.05, 0) is 103 Å². The van der Waals surface area contributed by atoms with Crippen LogP contribution in [-0.4, -0.2) is 15.0 Å².